The molecule has 4 nitrogen and oxygen atoms in total. The normalized spacial score (nSPS) is 11.5. The van der Waals surface area contributed by atoms with Crippen molar-refractivity contribution in [2.45, 2.75) is 33.3 Å². The van der Waals surface area contributed by atoms with E-state index in [1.165, 1.54) is 0 Å². The lowest BCUT2D eigenvalue weighted by Crippen LogP contribution is -2.22. The van der Waals surface area contributed by atoms with E-state index in [9.17, 15) is 9.90 Å². The van der Waals surface area contributed by atoms with Crippen LogP contribution in [0, 0.1) is 6.92 Å². The summed E-state index contributed by atoms with van der Waals surface area (Å²) in [7, 11) is 0. The summed E-state index contributed by atoms with van der Waals surface area (Å²) >= 11 is 0. The van der Waals surface area contributed by atoms with Crippen LogP contribution in [0.25, 0.3) is 33.3 Å². The fourth-order valence-electron chi connectivity index (χ4n) is 3.57. The highest BCUT2D eigenvalue weighted by atomic mass is 16.5. The Morgan fingerprint density at radius 1 is 0.839 bits per heavy atom. The Hall–Kier alpha value is -3.66. The van der Waals surface area contributed by atoms with Crippen LogP contribution in [0.3, 0.4) is 0 Å². The van der Waals surface area contributed by atoms with Crippen LogP contribution in [0.2, 0.25) is 0 Å². The topological polar surface area (TPSA) is 59.4 Å². The summed E-state index contributed by atoms with van der Waals surface area (Å²) in [5.41, 5.74) is 5.40. The lowest BCUT2D eigenvalue weighted by Gasteiger charge is -2.21. The highest BCUT2D eigenvalue weighted by Gasteiger charge is 2.14. The third kappa shape index (κ3) is 4.58. The van der Waals surface area contributed by atoms with Crippen LogP contribution in [0.5, 0.6) is 5.75 Å². The molecule has 0 aliphatic rings. The molecule has 0 aliphatic carbocycles. The van der Waals surface area contributed by atoms with Crippen molar-refractivity contribution in [1.29, 1.82) is 0 Å². The van der Waals surface area contributed by atoms with Gasteiger partial charge in [0.1, 0.15) is 11.4 Å². The monoisotopic (exact) mass is 411 g/mol. The number of nitrogens with zero attached hydrogens (tertiary/aromatic N) is 1. The van der Waals surface area contributed by atoms with E-state index in [0.29, 0.717) is 16.6 Å². The van der Waals surface area contributed by atoms with Gasteiger partial charge in [-0.15, -0.1) is 0 Å². The van der Waals surface area contributed by atoms with E-state index in [1.807, 2.05) is 94.4 Å². The second-order valence-corrected chi connectivity index (χ2v) is 8.70. The zero-order valence-corrected chi connectivity index (χ0v) is 18.1. The number of carbonyl (C=O) groups is 1. The van der Waals surface area contributed by atoms with Crippen molar-refractivity contribution in [2.75, 3.05) is 0 Å². The molecular weight excluding hydrogens is 386 g/mol. The molecule has 0 fully saturated rings. The molecule has 4 aromatic rings. The molecule has 31 heavy (non-hydrogen) atoms. The number of aryl methyl sites for hydroxylation is 1. The average molecular weight is 412 g/mol. The average Bonchev–Trinajstić information content (AvgIpc) is 2.72. The van der Waals surface area contributed by atoms with Crippen LogP contribution in [0.15, 0.2) is 72.8 Å². The predicted octanol–water partition coefficient (Wildman–Crippen LogP) is 6.75. The molecule has 4 heteroatoms. The van der Waals surface area contributed by atoms with Crippen LogP contribution in [-0.4, -0.2) is 21.7 Å². The Kier molecular flexibility index (Phi) is 5.24. The maximum absolute atomic E-state index is 11.8. The summed E-state index contributed by atoms with van der Waals surface area (Å²) in [5.74, 6) is -0.113. The van der Waals surface area contributed by atoms with Crippen LogP contribution >= 0.6 is 0 Å². The van der Waals surface area contributed by atoms with Gasteiger partial charge >= 0.3 is 5.97 Å². The fraction of sp³-hybridized carbons (Fsp3) is 0.185. The first kappa shape index (κ1) is 20.6. The molecule has 0 amide bonds. The van der Waals surface area contributed by atoms with E-state index in [4.69, 9.17) is 9.72 Å². The third-order valence-corrected chi connectivity index (χ3v) is 4.99. The van der Waals surface area contributed by atoms with E-state index in [-0.39, 0.29) is 11.2 Å². The SMILES string of the molecule is Cc1ccc2nc(-c3ccc(-c4ccc(OC(C)(C)C)cc4)cc3)cc(C(=O)O)c2c1. The molecule has 0 unspecified atom stereocenters. The van der Waals surface area contributed by atoms with E-state index < -0.39 is 5.97 Å². The molecule has 1 N–H and O–H groups in total. The van der Waals surface area contributed by atoms with E-state index in [1.54, 1.807) is 6.07 Å². The summed E-state index contributed by atoms with van der Waals surface area (Å²) in [6.45, 7) is 8.02. The van der Waals surface area contributed by atoms with Gasteiger partial charge in [-0.05, 0) is 69.2 Å². The van der Waals surface area contributed by atoms with Gasteiger partial charge in [-0.25, -0.2) is 9.78 Å². The number of hydrogen-bond acceptors (Lipinski definition) is 3. The minimum atomic E-state index is -0.951. The number of rotatable bonds is 4. The Labute approximate surface area is 182 Å². The summed E-state index contributed by atoms with van der Waals surface area (Å²) in [6.07, 6.45) is 0. The number of fused-ring (bicyclic) bond motifs is 1. The number of benzene rings is 3. The third-order valence-electron chi connectivity index (χ3n) is 4.99. The van der Waals surface area contributed by atoms with E-state index in [2.05, 4.69) is 0 Å². The number of ether oxygens (including phenoxy) is 1. The Morgan fingerprint density at radius 2 is 1.42 bits per heavy atom. The van der Waals surface area contributed by atoms with Crippen LogP contribution in [0.4, 0.5) is 0 Å². The number of carboxylic acids is 1. The molecule has 0 spiro atoms. The molecule has 0 saturated heterocycles. The van der Waals surface area contributed by atoms with Crippen molar-refractivity contribution < 1.29 is 14.6 Å². The Balaban J connectivity index is 1.66. The molecule has 0 radical (unpaired) electrons. The van der Waals surface area contributed by atoms with Gasteiger partial charge < -0.3 is 9.84 Å². The highest BCUT2D eigenvalue weighted by Crippen LogP contribution is 2.29. The Morgan fingerprint density at radius 3 is 2.00 bits per heavy atom. The molecule has 0 bridgehead atoms. The van der Waals surface area contributed by atoms with Gasteiger partial charge in [0.25, 0.3) is 0 Å². The lowest BCUT2D eigenvalue weighted by atomic mass is 10.00. The number of aromatic nitrogens is 1. The standard InChI is InChI=1S/C27H25NO3/c1-17-5-14-24-22(15-17)23(26(29)30)16-25(28-24)20-8-6-18(7-9-20)19-10-12-21(13-11-19)31-27(2,3)4/h5-16H,1-4H3,(H,29,30). The van der Waals surface area contributed by atoms with Gasteiger partial charge in [-0.1, -0.05) is 48.0 Å². The zero-order chi connectivity index (χ0) is 22.2. The van der Waals surface area contributed by atoms with Gasteiger partial charge in [-0.3, -0.25) is 0 Å². The van der Waals surface area contributed by atoms with Crippen molar-refractivity contribution in [3.05, 3.63) is 83.9 Å². The van der Waals surface area contributed by atoms with E-state index in [0.717, 1.165) is 28.0 Å². The molecule has 0 atom stereocenters. The molecule has 4 rings (SSSR count). The quantitative estimate of drug-likeness (QED) is 0.403. The minimum Gasteiger partial charge on any atom is -0.488 e. The smallest absolute Gasteiger partial charge is 0.336 e. The molecule has 3 aromatic carbocycles. The maximum Gasteiger partial charge on any atom is 0.336 e. The second-order valence-electron chi connectivity index (χ2n) is 8.70. The first-order valence-electron chi connectivity index (χ1n) is 10.2. The molecular formula is C27H25NO3. The Bertz CT molecular complexity index is 1250. The maximum atomic E-state index is 11.8. The summed E-state index contributed by atoms with van der Waals surface area (Å²) < 4.78 is 5.89. The first-order chi connectivity index (χ1) is 14.7. The van der Waals surface area contributed by atoms with Gasteiger partial charge in [0.2, 0.25) is 0 Å². The van der Waals surface area contributed by atoms with Crippen LogP contribution < -0.4 is 4.74 Å². The molecule has 1 aromatic heterocycles. The van der Waals surface area contributed by atoms with Crippen LogP contribution in [-0.2, 0) is 0 Å². The largest absolute Gasteiger partial charge is 0.488 e. The number of carboxylic acid groups (broad SMARTS) is 1. The minimum absolute atomic E-state index is 0.233. The summed E-state index contributed by atoms with van der Waals surface area (Å²) in [6, 6.07) is 23.4. The van der Waals surface area contributed by atoms with Crippen LogP contribution in [0.1, 0.15) is 36.7 Å². The first-order valence-corrected chi connectivity index (χ1v) is 10.2. The van der Waals surface area contributed by atoms with Crippen molar-refractivity contribution in [3.8, 4) is 28.1 Å². The van der Waals surface area contributed by atoms with Crippen molar-refractivity contribution >= 4 is 16.9 Å². The van der Waals surface area contributed by atoms with Gasteiger partial charge in [0, 0.05) is 10.9 Å². The van der Waals surface area contributed by atoms with Crippen molar-refractivity contribution in [1.82, 2.24) is 4.98 Å². The predicted molar refractivity (Wildman–Crippen MR) is 125 cm³/mol. The summed E-state index contributed by atoms with van der Waals surface area (Å²) in [4.78, 5) is 16.5. The summed E-state index contributed by atoms with van der Waals surface area (Å²) in [5, 5.41) is 10.4. The van der Waals surface area contributed by atoms with Crippen molar-refractivity contribution in [2.24, 2.45) is 0 Å². The zero-order valence-electron chi connectivity index (χ0n) is 18.1. The number of aromatic carboxylic acids is 1. The van der Waals surface area contributed by atoms with Gasteiger partial charge in [0.15, 0.2) is 0 Å². The second kappa shape index (κ2) is 7.88. The van der Waals surface area contributed by atoms with Crippen molar-refractivity contribution in [3.63, 3.8) is 0 Å². The fourth-order valence-corrected chi connectivity index (χ4v) is 3.57. The van der Waals surface area contributed by atoms with Gasteiger partial charge in [0.05, 0.1) is 16.8 Å². The highest BCUT2D eigenvalue weighted by molar-refractivity contribution is 6.04. The molecule has 0 saturated carbocycles. The number of hydrogen-bond donors (Lipinski definition) is 1. The molecule has 0 aliphatic heterocycles. The molecule has 156 valence electrons. The number of pyridine rings is 1. The van der Waals surface area contributed by atoms with E-state index >= 15 is 0 Å². The van der Waals surface area contributed by atoms with Gasteiger partial charge in [-0.2, -0.15) is 0 Å². The molecule has 1 heterocycles. The lowest BCUT2D eigenvalue weighted by molar-refractivity contribution is 0.0699.